The second-order valence-electron chi connectivity index (χ2n) is 10.4. The van der Waals surface area contributed by atoms with Gasteiger partial charge in [0.1, 0.15) is 12.1 Å². The van der Waals surface area contributed by atoms with Crippen LogP contribution in [0.15, 0.2) is 42.7 Å². The summed E-state index contributed by atoms with van der Waals surface area (Å²) in [5, 5.41) is 19.6. The average molecular weight is 446 g/mol. The molecule has 172 valence electrons. The molecule has 2 bridgehead atoms. The van der Waals surface area contributed by atoms with Gasteiger partial charge in [0.05, 0.1) is 18.5 Å². The van der Waals surface area contributed by atoms with Gasteiger partial charge in [-0.15, -0.1) is 10.2 Å². The molecule has 33 heavy (non-hydrogen) atoms. The molecule has 2 fully saturated rings. The number of fused-ring (bicyclic) bond motifs is 2. The van der Waals surface area contributed by atoms with Crippen LogP contribution in [0.4, 0.5) is 5.82 Å². The van der Waals surface area contributed by atoms with Crippen LogP contribution >= 0.6 is 0 Å². The Labute approximate surface area is 194 Å². The highest BCUT2D eigenvalue weighted by molar-refractivity contribution is 5.73. The lowest BCUT2D eigenvalue weighted by Crippen LogP contribution is -2.42. The van der Waals surface area contributed by atoms with Crippen molar-refractivity contribution in [3.05, 3.63) is 42.7 Å². The summed E-state index contributed by atoms with van der Waals surface area (Å²) in [6.45, 7) is 4.88. The van der Waals surface area contributed by atoms with Crippen molar-refractivity contribution >= 4 is 5.82 Å². The standard InChI is InChI=1S/C26H31N5O2/c1-25-9-10-26(2,15-25)14-18(13-25)31(3)23-8-7-20(29-30-23)19-6-5-17(11-22(19)32)21-12-24(33-4)28-16-27-21/h5-8,11-12,16,18,32H,9-10,13-15H2,1-4H3/t18?,25-,26+. The van der Waals surface area contributed by atoms with Crippen molar-refractivity contribution < 1.29 is 9.84 Å². The normalized spacial score (nSPS) is 26.2. The van der Waals surface area contributed by atoms with E-state index in [4.69, 9.17) is 4.74 Å². The highest BCUT2D eigenvalue weighted by atomic mass is 16.5. The number of benzene rings is 1. The molecule has 0 amide bonds. The minimum Gasteiger partial charge on any atom is -0.507 e. The van der Waals surface area contributed by atoms with Crippen molar-refractivity contribution in [1.82, 2.24) is 20.2 Å². The molecule has 2 heterocycles. The predicted molar refractivity (Wildman–Crippen MR) is 128 cm³/mol. The summed E-state index contributed by atoms with van der Waals surface area (Å²) < 4.78 is 5.16. The second-order valence-corrected chi connectivity index (χ2v) is 10.4. The Kier molecular flexibility index (Phi) is 5.22. The van der Waals surface area contributed by atoms with Gasteiger partial charge in [-0.3, -0.25) is 0 Å². The Morgan fingerprint density at radius 1 is 0.970 bits per heavy atom. The summed E-state index contributed by atoms with van der Waals surface area (Å²) in [6, 6.07) is 11.6. The third-order valence-electron chi connectivity index (χ3n) is 7.62. The predicted octanol–water partition coefficient (Wildman–Crippen LogP) is 5.11. The first kappa shape index (κ1) is 21.6. The molecule has 5 rings (SSSR count). The lowest BCUT2D eigenvalue weighted by molar-refractivity contribution is 0.148. The molecule has 7 nitrogen and oxygen atoms in total. The van der Waals surface area contributed by atoms with E-state index in [1.165, 1.54) is 38.4 Å². The molecule has 2 saturated carbocycles. The number of phenols is 1. The Morgan fingerprint density at radius 3 is 2.36 bits per heavy atom. The Morgan fingerprint density at radius 2 is 1.73 bits per heavy atom. The lowest BCUT2D eigenvalue weighted by atomic mass is 9.68. The number of methoxy groups -OCH3 is 1. The summed E-state index contributed by atoms with van der Waals surface area (Å²) in [6.07, 6.45) is 7.85. The largest absolute Gasteiger partial charge is 0.507 e. The van der Waals surface area contributed by atoms with Gasteiger partial charge in [-0.1, -0.05) is 19.9 Å². The van der Waals surface area contributed by atoms with Gasteiger partial charge < -0.3 is 14.7 Å². The van der Waals surface area contributed by atoms with Crippen LogP contribution in [-0.4, -0.2) is 45.5 Å². The quantitative estimate of drug-likeness (QED) is 0.584. The van der Waals surface area contributed by atoms with Crippen molar-refractivity contribution in [2.24, 2.45) is 10.8 Å². The summed E-state index contributed by atoms with van der Waals surface area (Å²) in [5.74, 6) is 1.48. The number of hydrogen-bond donors (Lipinski definition) is 1. The molecule has 3 aromatic rings. The molecule has 1 unspecified atom stereocenters. The molecule has 0 aliphatic heterocycles. The number of phenolic OH excluding ortho intramolecular Hbond substituents is 1. The first-order valence-corrected chi connectivity index (χ1v) is 11.5. The van der Waals surface area contributed by atoms with E-state index in [-0.39, 0.29) is 5.75 Å². The number of aromatic hydroxyl groups is 1. The molecule has 7 heteroatoms. The first-order valence-electron chi connectivity index (χ1n) is 11.5. The SMILES string of the molecule is COc1cc(-c2ccc(-c3ccc(N(C)C4C[C@]5(C)CC[C@](C)(C4)C5)nn3)c(O)c2)ncn1. The van der Waals surface area contributed by atoms with Gasteiger partial charge in [-0.25, -0.2) is 9.97 Å². The number of rotatable bonds is 5. The van der Waals surface area contributed by atoms with Gasteiger partial charge in [-0.05, 0) is 67.2 Å². The Balaban J connectivity index is 1.35. The minimum absolute atomic E-state index is 0.130. The number of nitrogens with zero attached hydrogens (tertiary/aromatic N) is 5. The van der Waals surface area contributed by atoms with Crippen LogP contribution < -0.4 is 9.64 Å². The summed E-state index contributed by atoms with van der Waals surface area (Å²) >= 11 is 0. The van der Waals surface area contributed by atoms with Crippen molar-refractivity contribution in [2.45, 2.75) is 52.0 Å². The molecule has 0 saturated heterocycles. The topological polar surface area (TPSA) is 84.3 Å². The average Bonchev–Trinajstić information content (AvgIpc) is 3.05. The fourth-order valence-electron chi connectivity index (χ4n) is 6.00. The molecule has 1 aromatic carbocycles. The van der Waals surface area contributed by atoms with E-state index >= 15 is 0 Å². The molecule has 3 atom stereocenters. The lowest BCUT2D eigenvalue weighted by Gasteiger charge is -2.44. The zero-order valence-electron chi connectivity index (χ0n) is 19.7. The van der Waals surface area contributed by atoms with E-state index in [2.05, 4.69) is 46.0 Å². The summed E-state index contributed by atoms with van der Waals surface area (Å²) in [7, 11) is 3.69. The molecule has 0 radical (unpaired) electrons. The first-order chi connectivity index (χ1) is 15.8. The second kappa shape index (κ2) is 7.97. The van der Waals surface area contributed by atoms with Crippen LogP contribution in [-0.2, 0) is 0 Å². The van der Waals surface area contributed by atoms with Crippen molar-refractivity contribution in [2.75, 3.05) is 19.1 Å². The van der Waals surface area contributed by atoms with Gasteiger partial charge in [0.15, 0.2) is 5.82 Å². The molecule has 2 aromatic heterocycles. The van der Waals surface area contributed by atoms with Crippen LogP contribution in [0.5, 0.6) is 11.6 Å². The molecule has 2 aliphatic carbocycles. The fourth-order valence-corrected chi connectivity index (χ4v) is 6.00. The Bertz CT molecular complexity index is 1150. The maximum absolute atomic E-state index is 10.7. The summed E-state index contributed by atoms with van der Waals surface area (Å²) in [4.78, 5) is 10.6. The van der Waals surface area contributed by atoms with E-state index in [1.54, 1.807) is 19.2 Å². The van der Waals surface area contributed by atoms with Crippen LogP contribution in [0.1, 0.15) is 46.0 Å². The zero-order chi connectivity index (χ0) is 23.2. The number of ether oxygens (including phenoxy) is 1. The van der Waals surface area contributed by atoms with Crippen molar-refractivity contribution in [1.29, 1.82) is 0 Å². The van der Waals surface area contributed by atoms with Gasteiger partial charge in [0, 0.05) is 30.3 Å². The molecule has 1 N–H and O–H groups in total. The van der Waals surface area contributed by atoms with E-state index in [0.29, 0.717) is 39.7 Å². The minimum atomic E-state index is 0.130. The van der Waals surface area contributed by atoms with Crippen LogP contribution in [0.3, 0.4) is 0 Å². The smallest absolute Gasteiger partial charge is 0.216 e. The molecular formula is C26H31N5O2. The van der Waals surface area contributed by atoms with E-state index in [1.807, 2.05) is 24.3 Å². The monoisotopic (exact) mass is 445 g/mol. The fraction of sp³-hybridized carbons (Fsp3) is 0.462. The van der Waals surface area contributed by atoms with Crippen LogP contribution in [0.2, 0.25) is 0 Å². The van der Waals surface area contributed by atoms with E-state index in [0.717, 1.165) is 11.4 Å². The maximum atomic E-state index is 10.7. The van der Waals surface area contributed by atoms with Gasteiger partial charge >= 0.3 is 0 Å². The van der Waals surface area contributed by atoms with Crippen molar-refractivity contribution in [3.8, 4) is 34.1 Å². The van der Waals surface area contributed by atoms with Gasteiger partial charge in [-0.2, -0.15) is 0 Å². The van der Waals surface area contributed by atoms with Crippen molar-refractivity contribution in [3.63, 3.8) is 0 Å². The van der Waals surface area contributed by atoms with Crippen LogP contribution in [0, 0.1) is 10.8 Å². The van der Waals surface area contributed by atoms with Gasteiger partial charge in [0.25, 0.3) is 0 Å². The molecule has 0 spiro atoms. The third kappa shape index (κ3) is 4.12. The zero-order valence-corrected chi connectivity index (χ0v) is 19.7. The summed E-state index contributed by atoms with van der Waals surface area (Å²) in [5.41, 5.74) is 3.61. The highest BCUT2D eigenvalue weighted by Crippen LogP contribution is 2.58. The molecule has 2 aliphatic rings. The third-order valence-corrected chi connectivity index (χ3v) is 7.62. The van der Waals surface area contributed by atoms with Crippen LogP contribution in [0.25, 0.3) is 22.5 Å². The number of hydrogen-bond acceptors (Lipinski definition) is 7. The van der Waals surface area contributed by atoms with E-state index < -0.39 is 0 Å². The van der Waals surface area contributed by atoms with Gasteiger partial charge in [0.2, 0.25) is 5.88 Å². The molecular weight excluding hydrogens is 414 g/mol. The van der Waals surface area contributed by atoms with E-state index in [9.17, 15) is 5.11 Å². The highest BCUT2D eigenvalue weighted by Gasteiger charge is 2.49. The maximum Gasteiger partial charge on any atom is 0.216 e. The Hall–Kier alpha value is -3.22. The number of aromatic nitrogens is 4. The number of anilines is 1.